The van der Waals surface area contributed by atoms with Crippen LogP contribution in [0.4, 0.5) is 0 Å². The summed E-state index contributed by atoms with van der Waals surface area (Å²) in [5.41, 5.74) is 0. The van der Waals surface area contributed by atoms with E-state index in [1.54, 1.807) is 0 Å². The molecule has 4 aliphatic rings. The van der Waals surface area contributed by atoms with E-state index in [4.69, 9.17) is 18.9 Å². The van der Waals surface area contributed by atoms with Gasteiger partial charge in [-0.25, -0.2) is 0 Å². The predicted octanol–water partition coefficient (Wildman–Crippen LogP) is 12.7. The maximum Gasteiger partial charge on any atom is 0.309 e. The van der Waals surface area contributed by atoms with Crippen LogP contribution in [0.5, 0.6) is 0 Å². The fourth-order valence-corrected chi connectivity index (χ4v) is 10.1. The fourth-order valence-electron chi connectivity index (χ4n) is 10.1. The Bertz CT molecular complexity index is 1120. The Morgan fingerprint density at radius 2 is 0.966 bits per heavy atom. The highest BCUT2D eigenvalue weighted by atomic mass is 16.6. The van der Waals surface area contributed by atoms with Crippen LogP contribution in [0.1, 0.15) is 226 Å². The third-order valence-electron chi connectivity index (χ3n) is 14.4. The second-order valence-corrected chi connectivity index (χ2v) is 19.4. The fraction of sp³-hybridized carbons (Fsp3) is 0.941. The number of unbranched alkanes of at least 4 members (excludes halogenated alkanes) is 18. The van der Waals surface area contributed by atoms with Crippen LogP contribution in [0.3, 0.4) is 0 Å². The van der Waals surface area contributed by atoms with E-state index >= 15 is 0 Å². The van der Waals surface area contributed by atoms with E-state index in [0.717, 1.165) is 94.7 Å². The van der Waals surface area contributed by atoms with Gasteiger partial charge in [0, 0.05) is 12.8 Å². The maximum atomic E-state index is 13.1. The van der Waals surface area contributed by atoms with Crippen molar-refractivity contribution < 1.29 is 33.3 Å². The molecule has 8 nitrogen and oxygen atoms in total. The zero-order valence-corrected chi connectivity index (χ0v) is 38.6. The molecule has 0 radical (unpaired) electrons. The van der Waals surface area contributed by atoms with Crippen molar-refractivity contribution in [3.63, 3.8) is 0 Å². The first kappa shape index (κ1) is 50.0. The van der Waals surface area contributed by atoms with Crippen molar-refractivity contribution >= 4 is 17.9 Å². The van der Waals surface area contributed by atoms with E-state index in [2.05, 4.69) is 25.7 Å². The van der Waals surface area contributed by atoms with E-state index in [1.165, 1.54) is 141 Å². The summed E-state index contributed by atoms with van der Waals surface area (Å²) < 4.78 is 23.6. The van der Waals surface area contributed by atoms with Crippen LogP contribution >= 0.6 is 0 Å². The molecule has 0 bridgehead atoms. The van der Waals surface area contributed by atoms with Crippen LogP contribution in [0.2, 0.25) is 0 Å². The highest BCUT2D eigenvalue weighted by Crippen LogP contribution is 2.46. The number of rotatable bonds is 36. The molecule has 8 heteroatoms. The first-order valence-corrected chi connectivity index (χ1v) is 25.8. The van der Waals surface area contributed by atoms with Gasteiger partial charge in [0.15, 0.2) is 12.2 Å². The highest BCUT2D eigenvalue weighted by molar-refractivity contribution is 5.73. The van der Waals surface area contributed by atoms with Gasteiger partial charge in [-0.1, -0.05) is 175 Å². The predicted molar refractivity (Wildman–Crippen MR) is 239 cm³/mol. The number of carbonyl (C=O) groups is 3. The number of likely N-dealkylation sites (tertiary alicyclic amines) is 1. The standard InChI is InChI=1S/C51H91NO7/c1-4-7-9-11-15-21-27-42-37-44(42)29-23-17-13-19-25-31-48(53)58-47-40-56-46(39-57-51(55)41-33-35-52(6-3)36-34-41)50(47)59-49(54)32-26-20-14-18-24-30-45-38-43(45)28-22-16-12-10-8-5-2/h41-47,50H,4-40H2,1-3H3/t42?,43?,44?,45?,46-,47+,50+/m1/s1. The minimum absolute atomic E-state index is 0.000281. The van der Waals surface area contributed by atoms with Gasteiger partial charge in [0.2, 0.25) is 0 Å². The molecule has 0 amide bonds. The highest BCUT2D eigenvalue weighted by Gasteiger charge is 2.44. The van der Waals surface area contributed by atoms with Gasteiger partial charge < -0.3 is 23.8 Å². The normalized spacial score (nSPS) is 25.6. The number of esters is 3. The lowest BCUT2D eigenvalue weighted by atomic mass is 9.97. The summed E-state index contributed by atoms with van der Waals surface area (Å²) in [6.07, 6.45) is 36.4. The van der Waals surface area contributed by atoms with E-state index in [1.807, 2.05) is 0 Å². The molecule has 4 unspecified atom stereocenters. The van der Waals surface area contributed by atoms with Gasteiger partial charge in [0.1, 0.15) is 12.7 Å². The first-order valence-electron chi connectivity index (χ1n) is 25.8. The van der Waals surface area contributed by atoms with E-state index in [9.17, 15) is 14.4 Å². The van der Waals surface area contributed by atoms with Crippen molar-refractivity contribution in [3.8, 4) is 0 Å². The molecule has 0 N–H and O–H groups in total. The molecule has 2 aliphatic heterocycles. The van der Waals surface area contributed by atoms with Gasteiger partial charge in [-0.2, -0.15) is 0 Å². The van der Waals surface area contributed by atoms with Gasteiger partial charge in [-0.15, -0.1) is 0 Å². The van der Waals surface area contributed by atoms with Gasteiger partial charge >= 0.3 is 17.9 Å². The summed E-state index contributed by atoms with van der Waals surface area (Å²) in [4.78, 5) is 41.4. The Kier molecular flexibility index (Phi) is 25.7. The largest absolute Gasteiger partial charge is 0.463 e. The lowest BCUT2D eigenvalue weighted by molar-refractivity contribution is -0.169. The number of ether oxygens (including phenoxy) is 4. The van der Waals surface area contributed by atoms with Crippen LogP contribution in [0.15, 0.2) is 0 Å². The van der Waals surface area contributed by atoms with Gasteiger partial charge in [-0.3, -0.25) is 14.4 Å². The number of piperidine rings is 1. The van der Waals surface area contributed by atoms with Gasteiger partial charge in [0.05, 0.1) is 12.5 Å². The summed E-state index contributed by atoms with van der Waals surface area (Å²) in [7, 11) is 0. The van der Waals surface area contributed by atoms with Gasteiger partial charge in [0.25, 0.3) is 0 Å². The molecule has 2 aliphatic carbocycles. The molecule has 0 aromatic heterocycles. The molecule has 2 saturated heterocycles. The second kappa shape index (κ2) is 30.4. The SMILES string of the molecule is CCCCCCCCC1CC1CCCCCCCC(=O)O[C@@H]1[C@@H](OC(=O)CCCCCCCC2CC2CCCCCCCC)CO[C@@H]1COC(=O)C1CCN(CC)CC1. The van der Waals surface area contributed by atoms with Crippen LogP contribution in [0, 0.1) is 29.6 Å². The smallest absolute Gasteiger partial charge is 0.309 e. The lowest BCUT2D eigenvalue weighted by Gasteiger charge is -2.30. The summed E-state index contributed by atoms with van der Waals surface area (Å²) in [5.74, 6) is 3.03. The van der Waals surface area contributed by atoms with Gasteiger partial charge in [-0.05, 0) is 81.8 Å². The van der Waals surface area contributed by atoms with Crippen LogP contribution < -0.4 is 0 Å². The monoisotopic (exact) mass is 830 g/mol. The number of nitrogens with zero attached hydrogens (tertiary/aromatic N) is 1. The zero-order chi connectivity index (χ0) is 41.9. The second-order valence-electron chi connectivity index (χ2n) is 19.4. The average molecular weight is 830 g/mol. The van der Waals surface area contributed by atoms with Crippen molar-refractivity contribution in [3.05, 3.63) is 0 Å². The molecule has 2 saturated carbocycles. The molecule has 59 heavy (non-hydrogen) atoms. The first-order chi connectivity index (χ1) is 28.9. The Balaban J connectivity index is 1.07. The van der Waals surface area contributed by atoms with E-state index in [0.29, 0.717) is 12.8 Å². The van der Waals surface area contributed by atoms with E-state index in [-0.39, 0.29) is 37.0 Å². The van der Waals surface area contributed by atoms with Crippen molar-refractivity contribution in [2.45, 2.75) is 245 Å². The molecule has 0 spiro atoms. The Labute approximate surface area is 362 Å². The minimum atomic E-state index is -0.767. The quantitative estimate of drug-likeness (QED) is 0.0350. The Morgan fingerprint density at radius 1 is 0.542 bits per heavy atom. The Morgan fingerprint density at radius 3 is 1.42 bits per heavy atom. The summed E-state index contributed by atoms with van der Waals surface area (Å²) in [6.45, 7) is 9.64. The molecule has 0 aromatic rings. The third-order valence-corrected chi connectivity index (χ3v) is 14.4. The topological polar surface area (TPSA) is 91.4 Å². The van der Waals surface area contributed by atoms with Crippen LogP contribution in [-0.2, 0) is 33.3 Å². The molecule has 0 aromatic carbocycles. The zero-order valence-electron chi connectivity index (χ0n) is 38.6. The Hall–Kier alpha value is -1.67. The molecular weight excluding hydrogens is 739 g/mol. The molecular formula is C51H91NO7. The number of carbonyl (C=O) groups excluding carboxylic acids is 3. The number of hydrogen-bond acceptors (Lipinski definition) is 8. The molecule has 7 atom stereocenters. The summed E-state index contributed by atoms with van der Waals surface area (Å²) in [5, 5.41) is 0. The molecule has 2 heterocycles. The molecule has 4 rings (SSSR count). The summed E-state index contributed by atoms with van der Waals surface area (Å²) in [6, 6.07) is 0. The maximum absolute atomic E-state index is 13.1. The third kappa shape index (κ3) is 21.3. The van der Waals surface area contributed by atoms with Crippen LogP contribution in [-0.4, -0.2) is 74.0 Å². The minimum Gasteiger partial charge on any atom is -0.463 e. The molecule has 4 fully saturated rings. The molecule has 342 valence electrons. The van der Waals surface area contributed by atoms with Crippen molar-refractivity contribution in [2.75, 3.05) is 32.8 Å². The average Bonchev–Trinajstić information content (AvgIpc) is 4.15. The van der Waals surface area contributed by atoms with Crippen LogP contribution in [0.25, 0.3) is 0 Å². The van der Waals surface area contributed by atoms with Crippen molar-refractivity contribution in [2.24, 2.45) is 29.6 Å². The number of hydrogen-bond donors (Lipinski definition) is 0. The van der Waals surface area contributed by atoms with Crippen molar-refractivity contribution in [1.29, 1.82) is 0 Å². The lowest BCUT2D eigenvalue weighted by Crippen LogP contribution is -2.41. The van der Waals surface area contributed by atoms with E-state index < -0.39 is 18.3 Å². The van der Waals surface area contributed by atoms with Crippen molar-refractivity contribution in [1.82, 2.24) is 4.90 Å². The summed E-state index contributed by atoms with van der Waals surface area (Å²) >= 11 is 0.